The second-order valence-electron chi connectivity index (χ2n) is 7.89. The van der Waals surface area contributed by atoms with Gasteiger partial charge >= 0.3 is 0 Å². The Hall–Kier alpha value is -3.62. The number of anilines is 1. The molecule has 2 aromatic heterocycles. The maximum absolute atomic E-state index is 13.8. The van der Waals surface area contributed by atoms with Crippen LogP contribution < -0.4 is 5.32 Å². The van der Waals surface area contributed by atoms with Gasteiger partial charge in [0, 0.05) is 24.4 Å². The topological polar surface area (TPSA) is 95.5 Å². The molecule has 1 fully saturated rings. The fraction of sp³-hybridized carbons (Fsp3) is 0.318. The van der Waals surface area contributed by atoms with Gasteiger partial charge in [0.25, 0.3) is 11.8 Å². The molecule has 1 aliphatic carbocycles. The zero-order valence-corrected chi connectivity index (χ0v) is 16.7. The minimum Gasteiger partial charge on any atom is -0.357 e. The van der Waals surface area contributed by atoms with Crippen molar-refractivity contribution in [3.63, 3.8) is 0 Å². The lowest BCUT2D eigenvalue weighted by molar-refractivity contribution is -0.138. The first-order valence-electron chi connectivity index (χ1n) is 10.3. The predicted molar refractivity (Wildman–Crippen MR) is 109 cm³/mol. The summed E-state index contributed by atoms with van der Waals surface area (Å²) in [5.74, 6) is -1.41. The minimum atomic E-state index is -0.614. The van der Waals surface area contributed by atoms with Gasteiger partial charge in [0.15, 0.2) is 0 Å². The summed E-state index contributed by atoms with van der Waals surface area (Å²) in [5, 5.41) is 2.75. The van der Waals surface area contributed by atoms with E-state index in [1.165, 1.54) is 17.3 Å². The van der Waals surface area contributed by atoms with Crippen molar-refractivity contribution >= 4 is 23.4 Å². The van der Waals surface area contributed by atoms with Crippen molar-refractivity contribution in [2.75, 3.05) is 18.4 Å². The van der Waals surface area contributed by atoms with Gasteiger partial charge in [0.05, 0.1) is 29.7 Å². The van der Waals surface area contributed by atoms with Gasteiger partial charge in [-0.25, -0.2) is 4.98 Å². The number of hydrogen-bond donors (Lipinski definition) is 1. The Morgan fingerprint density at radius 3 is 2.71 bits per heavy atom. The predicted octanol–water partition coefficient (Wildman–Crippen LogP) is 2.10. The van der Waals surface area contributed by atoms with Crippen molar-refractivity contribution in [1.29, 1.82) is 0 Å². The number of amides is 3. The zero-order valence-electron chi connectivity index (χ0n) is 16.7. The number of aromatic nitrogens is 2. The van der Waals surface area contributed by atoms with Crippen molar-refractivity contribution in [2.45, 2.75) is 31.7 Å². The normalized spacial score (nSPS) is 18.5. The smallest absolute Gasteiger partial charge is 0.277 e. The molecule has 31 heavy (non-hydrogen) atoms. The largest absolute Gasteiger partial charge is 0.357 e. The maximum Gasteiger partial charge on any atom is 0.277 e. The SMILES string of the molecule is O=C(CN1CCCC2=C1C(=O)N(C1CC1)C2=O)Nc1ccc(-c2cccnc2F)nc1. The molecule has 3 amide bonds. The second-order valence-corrected chi connectivity index (χ2v) is 7.89. The van der Waals surface area contributed by atoms with Gasteiger partial charge in [-0.15, -0.1) is 0 Å². The first-order valence-corrected chi connectivity index (χ1v) is 10.3. The molecular weight excluding hydrogens is 401 g/mol. The molecule has 3 aliphatic rings. The molecule has 9 heteroatoms. The van der Waals surface area contributed by atoms with Crippen molar-refractivity contribution in [2.24, 2.45) is 0 Å². The zero-order chi connectivity index (χ0) is 21.5. The van der Waals surface area contributed by atoms with Crippen molar-refractivity contribution in [3.8, 4) is 11.3 Å². The highest BCUT2D eigenvalue weighted by molar-refractivity contribution is 6.19. The molecule has 0 spiro atoms. The fourth-order valence-electron chi connectivity index (χ4n) is 4.09. The highest BCUT2D eigenvalue weighted by atomic mass is 19.1. The molecule has 0 unspecified atom stereocenters. The van der Waals surface area contributed by atoms with E-state index >= 15 is 0 Å². The quantitative estimate of drug-likeness (QED) is 0.587. The third-order valence-corrected chi connectivity index (χ3v) is 5.68. The second kappa shape index (κ2) is 7.57. The number of nitrogens with zero attached hydrogens (tertiary/aromatic N) is 4. The number of hydrogen-bond acceptors (Lipinski definition) is 6. The Bertz CT molecular complexity index is 1110. The van der Waals surface area contributed by atoms with Gasteiger partial charge in [0.1, 0.15) is 5.70 Å². The Kier molecular flexibility index (Phi) is 4.72. The van der Waals surface area contributed by atoms with E-state index in [0.29, 0.717) is 35.6 Å². The fourth-order valence-corrected chi connectivity index (χ4v) is 4.09. The van der Waals surface area contributed by atoms with Crippen molar-refractivity contribution in [1.82, 2.24) is 19.8 Å². The molecule has 2 aromatic rings. The lowest BCUT2D eigenvalue weighted by atomic mass is 10.0. The Balaban J connectivity index is 1.27. The molecule has 4 heterocycles. The third kappa shape index (κ3) is 3.56. The summed E-state index contributed by atoms with van der Waals surface area (Å²) >= 11 is 0. The van der Waals surface area contributed by atoms with Crippen LogP contribution in [0, 0.1) is 5.95 Å². The molecule has 1 N–H and O–H groups in total. The van der Waals surface area contributed by atoms with Gasteiger partial charge in [-0.3, -0.25) is 24.3 Å². The van der Waals surface area contributed by atoms with Crippen LogP contribution in [0.2, 0.25) is 0 Å². The van der Waals surface area contributed by atoms with Gasteiger partial charge in [-0.1, -0.05) is 0 Å². The molecule has 0 bridgehead atoms. The molecule has 2 aliphatic heterocycles. The first-order chi connectivity index (χ1) is 15.0. The van der Waals surface area contributed by atoms with Gasteiger partial charge in [-0.2, -0.15) is 4.39 Å². The molecule has 0 aromatic carbocycles. The van der Waals surface area contributed by atoms with Crippen LogP contribution in [0.25, 0.3) is 11.3 Å². The van der Waals surface area contributed by atoms with E-state index in [4.69, 9.17) is 0 Å². The van der Waals surface area contributed by atoms with E-state index in [-0.39, 0.29) is 35.9 Å². The number of nitrogens with one attached hydrogen (secondary N) is 1. The summed E-state index contributed by atoms with van der Waals surface area (Å²) in [6.07, 6.45) is 5.80. The van der Waals surface area contributed by atoms with E-state index in [9.17, 15) is 18.8 Å². The Morgan fingerprint density at radius 1 is 1.16 bits per heavy atom. The molecule has 0 radical (unpaired) electrons. The summed E-state index contributed by atoms with van der Waals surface area (Å²) in [6.45, 7) is 0.511. The molecule has 0 atom stereocenters. The molecule has 8 nitrogen and oxygen atoms in total. The van der Waals surface area contributed by atoms with Crippen LogP contribution in [0.4, 0.5) is 10.1 Å². The van der Waals surface area contributed by atoms with Crippen LogP contribution >= 0.6 is 0 Å². The maximum atomic E-state index is 13.8. The number of carbonyl (C=O) groups excluding carboxylic acids is 3. The van der Waals surface area contributed by atoms with Gasteiger partial charge < -0.3 is 10.2 Å². The molecule has 158 valence electrons. The average molecular weight is 421 g/mol. The highest BCUT2D eigenvalue weighted by Gasteiger charge is 2.48. The molecule has 1 saturated carbocycles. The monoisotopic (exact) mass is 421 g/mol. The van der Waals surface area contributed by atoms with Crippen LogP contribution in [-0.4, -0.2) is 56.6 Å². The summed E-state index contributed by atoms with van der Waals surface area (Å²) in [4.78, 5) is 48.9. The van der Waals surface area contributed by atoms with Gasteiger partial charge in [-0.05, 0) is 49.9 Å². The van der Waals surface area contributed by atoms with Crippen molar-refractivity contribution < 1.29 is 18.8 Å². The van der Waals surface area contributed by atoms with Crippen LogP contribution in [-0.2, 0) is 14.4 Å². The van der Waals surface area contributed by atoms with Crippen LogP contribution in [0.5, 0.6) is 0 Å². The van der Waals surface area contributed by atoms with Crippen LogP contribution in [0.1, 0.15) is 25.7 Å². The average Bonchev–Trinajstić information content (AvgIpc) is 3.56. The lowest BCUT2D eigenvalue weighted by Gasteiger charge is -2.28. The molecular formula is C22H20FN5O3. The van der Waals surface area contributed by atoms with Crippen molar-refractivity contribution in [3.05, 3.63) is 53.9 Å². The van der Waals surface area contributed by atoms with E-state index < -0.39 is 5.95 Å². The summed E-state index contributed by atoms with van der Waals surface area (Å²) in [7, 11) is 0. The summed E-state index contributed by atoms with van der Waals surface area (Å²) in [6, 6.07) is 6.44. The van der Waals surface area contributed by atoms with E-state index in [1.807, 2.05) is 0 Å². The molecule has 0 saturated heterocycles. The molecule has 5 rings (SSSR count). The number of halogens is 1. The Labute approximate surface area is 177 Å². The van der Waals surface area contributed by atoms with Gasteiger partial charge in [0.2, 0.25) is 11.9 Å². The highest BCUT2D eigenvalue weighted by Crippen LogP contribution is 2.38. The lowest BCUT2D eigenvalue weighted by Crippen LogP contribution is -2.40. The van der Waals surface area contributed by atoms with Crippen LogP contribution in [0.15, 0.2) is 47.9 Å². The number of carbonyl (C=O) groups is 3. The minimum absolute atomic E-state index is 0.00974. The summed E-state index contributed by atoms with van der Waals surface area (Å²) < 4.78 is 13.8. The summed E-state index contributed by atoms with van der Waals surface area (Å²) in [5.41, 5.74) is 2.04. The van der Waals surface area contributed by atoms with E-state index in [2.05, 4.69) is 15.3 Å². The third-order valence-electron chi connectivity index (χ3n) is 5.68. The number of imide groups is 1. The van der Waals surface area contributed by atoms with E-state index in [0.717, 1.165) is 19.3 Å². The first kappa shape index (κ1) is 19.3. The number of rotatable bonds is 5. The van der Waals surface area contributed by atoms with E-state index in [1.54, 1.807) is 29.2 Å². The standard InChI is InChI=1S/C22H20FN5O3/c23-20-15(3-1-9-24-20)17-8-5-13(11-25-17)26-18(29)12-27-10-2-4-16-19(27)22(31)28(21(16)30)14-6-7-14/h1,3,5,8-9,11,14H,2,4,6-7,10,12H2,(H,26,29). The Morgan fingerprint density at radius 2 is 2.00 bits per heavy atom. The number of pyridine rings is 2. The van der Waals surface area contributed by atoms with Crippen LogP contribution in [0.3, 0.4) is 0 Å².